The molecule has 0 aliphatic carbocycles. The number of aliphatic hydroxyl groups excluding tert-OH is 3. The van der Waals surface area contributed by atoms with E-state index in [2.05, 4.69) is 15.1 Å². The minimum Gasteiger partial charge on any atom is -0.387 e. The SMILES string of the molecule is N/N=C1/N=CCc2c1ncn2[C@@H]1O[C@H]([C@H](O)c2ccc(Cl)c(F)c2)[C@@H](O)[C@H]1O. The zero-order chi connectivity index (χ0) is 20.0. The summed E-state index contributed by atoms with van der Waals surface area (Å²) in [5.41, 5.74) is 1.25. The van der Waals surface area contributed by atoms with Crippen LogP contribution in [0.1, 0.15) is 29.3 Å². The largest absolute Gasteiger partial charge is 0.387 e. The number of aliphatic hydroxyl groups is 3. The van der Waals surface area contributed by atoms with E-state index in [9.17, 15) is 19.7 Å². The average Bonchev–Trinajstić information content (AvgIpc) is 3.25. The van der Waals surface area contributed by atoms with E-state index in [0.29, 0.717) is 17.8 Å². The second-order valence-electron chi connectivity index (χ2n) is 6.51. The van der Waals surface area contributed by atoms with Crippen LogP contribution in [-0.2, 0) is 11.2 Å². The Morgan fingerprint density at radius 3 is 2.86 bits per heavy atom. The number of aliphatic imine (C=N–C) groups is 1. The highest BCUT2D eigenvalue weighted by Gasteiger charge is 2.48. The van der Waals surface area contributed by atoms with Crippen molar-refractivity contribution < 1.29 is 24.4 Å². The molecular formula is C17H17ClFN5O4. The third-order valence-electron chi connectivity index (χ3n) is 4.87. The Balaban J connectivity index is 1.62. The predicted molar refractivity (Wildman–Crippen MR) is 97.4 cm³/mol. The van der Waals surface area contributed by atoms with E-state index in [4.69, 9.17) is 22.2 Å². The molecule has 1 aromatic heterocycles. The Kier molecular flexibility index (Phi) is 4.89. The van der Waals surface area contributed by atoms with Gasteiger partial charge >= 0.3 is 0 Å². The third kappa shape index (κ3) is 2.99. The first-order valence-corrected chi connectivity index (χ1v) is 8.81. The summed E-state index contributed by atoms with van der Waals surface area (Å²) in [5, 5.41) is 35.0. The molecule has 0 saturated carbocycles. The summed E-state index contributed by atoms with van der Waals surface area (Å²) in [6.07, 6.45) is -2.97. The quantitative estimate of drug-likeness (QED) is 0.424. The maximum absolute atomic E-state index is 13.7. The molecule has 28 heavy (non-hydrogen) atoms. The van der Waals surface area contributed by atoms with E-state index in [1.807, 2.05) is 0 Å². The number of hydrogen-bond donors (Lipinski definition) is 4. The van der Waals surface area contributed by atoms with Crippen LogP contribution >= 0.6 is 11.6 Å². The van der Waals surface area contributed by atoms with Gasteiger partial charge in [0.05, 0.1) is 17.0 Å². The molecule has 3 heterocycles. The number of rotatable bonds is 3. The molecule has 1 aromatic carbocycles. The van der Waals surface area contributed by atoms with Gasteiger partial charge in [0.15, 0.2) is 12.1 Å². The van der Waals surface area contributed by atoms with E-state index in [-0.39, 0.29) is 16.4 Å². The fraction of sp³-hybridized carbons (Fsp3) is 0.353. The van der Waals surface area contributed by atoms with Crippen molar-refractivity contribution in [2.24, 2.45) is 15.9 Å². The van der Waals surface area contributed by atoms with Gasteiger partial charge in [-0.1, -0.05) is 17.7 Å². The van der Waals surface area contributed by atoms with E-state index >= 15 is 0 Å². The Bertz CT molecular complexity index is 965. The number of ether oxygens (including phenoxy) is 1. The van der Waals surface area contributed by atoms with Crippen LogP contribution in [0.5, 0.6) is 0 Å². The molecule has 0 unspecified atom stereocenters. The molecule has 2 aliphatic heterocycles. The number of aromatic nitrogens is 2. The lowest BCUT2D eigenvalue weighted by Crippen LogP contribution is -2.35. The van der Waals surface area contributed by atoms with Gasteiger partial charge in [0.2, 0.25) is 0 Å². The van der Waals surface area contributed by atoms with Crippen LogP contribution in [0.25, 0.3) is 0 Å². The molecule has 1 fully saturated rings. The standard InChI is InChI=1S/C17H17ClFN5O4/c18-8-2-1-7(5-9(8)19)12(25)15-13(26)14(27)17(28-15)24-6-22-11-10(24)3-4-21-16(11)23-20/h1-2,4-6,12-15,17,25-27H,3,20H2/b23-16+/t12-,13+,14-,15-,17-/m1/s1. The van der Waals surface area contributed by atoms with Crippen LogP contribution in [-0.4, -0.2) is 55.2 Å². The molecule has 2 aromatic rings. The summed E-state index contributed by atoms with van der Waals surface area (Å²) < 4.78 is 21.0. The van der Waals surface area contributed by atoms with Gasteiger partial charge in [0, 0.05) is 12.6 Å². The van der Waals surface area contributed by atoms with Crippen LogP contribution in [0.3, 0.4) is 0 Å². The first-order chi connectivity index (χ1) is 13.4. The van der Waals surface area contributed by atoms with Crippen molar-refractivity contribution in [1.29, 1.82) is 0 Å². The molecule has 0 bridgehead atoms. The predicted octanol–water partition coefficient (Wildman–Crippen LogP) is 0.276. The highest BCUT2D eigenvalue weighted by Crippen LogP contribution is 2.37. The molecule has 0 spiro atoms. The van der Waals surface area contributed by atoms with Gasteiger partial charge in [-0.3, -0.25) is 0 Å². The van der Waals surface area contributed by atoms with Gasteiger partial charge in [-0.25, -0.2) is 14.4 Å². The summed E-state index contributed by atoms with van der Waals surface area (Å²) in [6.45, 7) is 0. The van der Waals surface area contributed by atoms with Crippen molar-refractivity contribution >= 4 is 23.7 Å². The lowest BCUT2D eigenvalue weighted by atomic mass is 9.99. The second kappa shape index (κ2) is 7.22. The third-order valence-corrected chi connectivity index (χ3v) is 5.18. The number of hydrogen-bond acceptors (Lipinski definition) is 7. The topological polar surface area (TPSA) is 138 Å². The smallest absolute Gasteiger partial charge is 0.198 e. The number of halogens is 2. The van der Waals surface area contributed by atoms with Crippen LogP contribution in [0.4, 0.5) is 4.39 Å². The van der Waals surface area contributed by atoms with Crippen molar-refractivity contribution in [2.75, 3.05) is 0 Å². The van der Waals surface area contributed by atoms with E-state index < -0.39 is 36.5 Å². The summed E-state index contributed by atoms with van der Waals surface area (Å²) in [4.78, 5) is 8.25. The first-order valence-electron chi connectivity index (χ1n) is 8.43. The number of hydrazone groups is 1. The van der Waals surface area contributed by atoms with E-state index in [1.54, 1.807) is 6.21 Å². The Labute approximate surface area is 163 Å². The normalized spacial score (nSPS) is 29.2. The van der Waals surface area contributed by atoms with Gasteiger partial charge in [-0.2, -0.15) is 5.10 Å². The summed E-state index contributed by atoms with van der Waals surface area (Å²) in [6, 6.07) is 3.78. The van der Waals surface area contributed by atoms with Crippen molar-refractivity contribution in [3.8, 4) is 0 Å². The highest BCUT2D eigenvalue weighted by molar-refractivity contribution is 6.30. The molecule has 0 radical (unpaired) electrons. The van der Waals surface area contributed by atoms with E-state index in [1.165, 1.54) is 23.0 Å². The zero-order valence-corrected chi connectivity index (χ0v) is 15.1. The molecule has 148 valence electrons. The minimum atomic E-state index is -1.42. The maximum atomic E-state index is 13.7. The van der Waals surface area contributed by atoms with Gasteiger partial charge in [0.25, 0.3) is 0 Å². The lowest BCUT2D eigenvalue weighted by Gasteiger charge is -2.22. The van der Waals surface area contributed by atoms with Crippen LogP contribution in [0, 0.1) is 5.82 Å². The maximum Gasteiger partial charge on any atom is 0.198 e. The van der Waals surface area contributed by atoms with Crippen LogP contribution in [0.2, 0.25) is 5.02 Å². The van der Waals surface area contributed by atoms with Gasteiger partial charge in [-0.05, 0) is 17.7 Å². The molecule has 0 amide bonds. The summed E-state index contributed by atoms with van der Waals surface area (Å²) in [5.74, 6) is 4.84. The van der Waals surface area contributed by atoms with Gasteiger partial charge in [-0.15, -0.1) is 0 Å². The van der Waals surface area contributed by atoms with Crippen molar-refractivity contribution in [1.82, 2.24) is 9.55 Å². The number of benzene rings is 1. The molecular weight excluding hydrogens is 393 g/mol. The average molecular weight is 410 g/mol. The molecule has 11 heteroatoms. The number of nitrogens with two attached hydrogens (primary N) is 1. The Morgan fingerprint density at radius 2 is 2.14 bits per heavy atom. The summed E-state index contributed by atoms with van der Waals surface area (Å²) >= 11 is 5.66. The first kappa shape index (κ1) is 19.0. The van der Waals surface area contributed by atoms with Crippen LogP contribution in [0.15, 0.2) is 34.6 Å². The van der Waals surface area contributed by atoms with Crippen molar-refractivity contribution in [2.45, 2.75) is 37.1 Å². The Hall–Kier alpha value is -2.37. The van der Waals surface area contributed by atoms with Crippen molar-refractivity contribution in [3.05, 3.63) is 52.3 Å². The summed E-state index contributed by atoms with van der Waals surface area (Å²) in [7, 11) is 0. The lowest BCUT2D eigenvalue weighted by molar-refractivity contribution is -0.0866. The number of amidine groups is 1. The van der Waals surface area contributed by atoms with Crippen molar-refractivity contribution in [3.63, 3.8) is 0 Å². The minimum absolute atomic E-state index is 0.0918. The van der Waals surface area contributed by atoms with Gasteiger partial charge in [0.1, 0.15) is 35.9 Å². The van der Waals surface area contributed by atoms with Crippen LogP contribution < -0.4 is 5.84 Å². The fourth-order valence-electron chi connectivity index (χ4n) is 3.43. The molecule has 5 N–H and O–H groups in total. The van der Waals surface area contributed by atoms with Gasteiger partial charge < -0.3 is 30.5 Å². The molecule has 4 rings (SSSR count). The second-order valence-corrected chi connectivity index (χ2v) is 6.91. The number of imidazole rings is 1. The van der Waals surface area contributed by atoms with E-state index in [0.717, 1.165) is 6.07 Å². The molecule has 2 aliphatic rings. The monoisotopic (exact) mass is 409 g/mol. The number of nitrogens with zero attached hydrogens (tertiary/aromatic N) is 4. The molecule has 5 atom stereocenters. The molecule has 1 saturated heterocycles. The molecule has 9 nitrogen and oxygen atoms in total. The Morgan fingerprint density at radius 1 is 1.36 bits per heavy atom. The zero-order valence-electron chi connectivity index (χ0n) is 14.4. The number of fused-ring (bicyclic) bond motifs is 1. The fourth-order valence-corrected chi connectivity index (χ4v) is 3.55. The highest BCUT2D eigenvalue weighted by atomic mass is 35.5.